The van der Waals surface area contributed by atoms with Gasteiger partial charge in [-0.25, -0.2) is 0 Å². The number of rotatable bonds is 1. The highest BCUT2D eigenvalue weighted by Gasteiger charge is 2.17. The zero-order chi connectivity index (χ0) is 9.97. The van der Waals surface area contributed by atoms with Crippen LogP contribution in [0.4, 0.5) is 0 Å². The largest absolute Gasteiger partial charge is 0.316 e. The maximum atomic E-state index is 8.76. The fourth-order valence-corrected chi connectivity index (χ4v) is 2.12. The first kappa shape index (κ1) is 9.23. The van der Waals surface area contributed by atoms with Gasteiger partial charge < -0.3 is 5.32 Å². The van der Waals surface area contributed by atoms with Gasteiger partial charge in [-0.3, -0.25) is 0 Å². The minimum Gasteiger partial charge on any atom is -0.316 e. The van der Waals surface area contributed by atoms with Crippen molar-refractivity contribution in [2.24, 2.45) is 0 Å². The third kappa shape index (κ3) is 1.64. The van der Waals surface area contributed by atoms with E-state index < -0.39 is 0 Å². The first-order chi connectivity index (χ1) is 6.81. The van der Waals surface area contributed by atoms with Gasteiger partial charge >= 0.3 is 0 Å². The van der Waals surface area contributed by atoms with Crippen molar-refractivity contribution < 1.29 is 0 Å². The Morgan fingerprint density at radius 1 is 1.50 bits per heavy atom. The molecule has 1 atom stereocenters. The fourth-order valence-electron chi connectivity index (χ4n) is 2.12. The van der Waals surface area contributed by atoms with E-state index in [0.29, 0.717) is 5.92 Å². The Balaban J connectivity index is 2.30. The Labute approximate surface area is 84.6 Å². The third-order valence-corrected chi connectivity index (χ3v) is 2.90. The number of benzene rings is 1. The van der Waals surface area contributed by atoms with E-state index in [1.165, 1.54) is 17.5 Å². The van der Waals surface area contributed by atoms with Crippen LogP contribution >= 0.6 is 0 Å². The molecule has 1 aliphatic heterocycles. The van der Waals surface area contributed by atoms with Crippen LogP contribution in [0.2, 0.25) is 0 Å². The summed E-state index contributed by atoms with van der Waals surface area (Å²) in [6.07, 6.45) is 1.22. The zero-order valence-corrected chi connectivity index (χ0v) is 8.38. The van der Waals surface area contributed by atoms with Crippen LogP contribution < -0.4 is 5.32 Å². The van der Waals surface area contributed by atoms with Crippen molar-refractivity contribution in [3.05, 3.63) is 34.9 Å². The molecule has 0 amide bonds. The van der Waals surface area contributed by atoms with E-state index in [2.05, 4.69) is 24.4 Å². The fraction of sp³-hybridized carbons (Fsp3) is 0.417. The summed E-state index contributed by atoms with van der Waals surface area (Å²) in [6.45, 7) is 4.28. The van der Waals surface area contributed by atoms with E-state index >= 15 is 0 Å². The third-order valence-electron chi connectivity index (χ3n) is 2.90. The monoisotopic (exact) mass is 186 g/mol. The Morgan fingerprint density at radius 2 is 2.36 bits per heavy atom. The SMILES string of the molecule is Cc1cc(C#N)ccc1[C@@H]1CCNC1. The van der Waals surface area contributed by atoms with Gasteiger partial charge in [0.1, 0.15) is 0 Å². The maximum absolute atomic E-state index is 8.76. The molecular formula is C12H14N2. The topological polar surface area (TPSA) is 35.8 Å². The van der Waals surface area contributed by atoms with Crippen LogP contribution in [0.1, 0.15) is 29.0 Å². The van der Waals surface area contributed by atoms with Crippen LogP contribution in [0.15, 0.2) is 18.2 Å². The molecule has 1 N–H and O–H groups in total. The number of aryl methyl sites for hydroxylation is 1. The van der Waals surface area contributed by atoms with Gasteiger partial charge in [0.15, 0.2) is 0 Å². The van der Waals surface area contributed by atoms with E-state index in [4.69, 9.17) is 5.26 Å². The summed E-state index contributed by atoms with van der Waals surface area (Å²) in [5, 5.41) is 12.1. The second-order valence-electron chi connectivity index (χ2n) is 3.87. The van der Waals surface area contributed by atoms with Gasteiger partial charge in [0.05, 0.1) is 11.6 Å². The molecule has 2 rings (SSSR count). The van der Waals surface area contributed by atoms with Crippen molar-refractivity contribution in [2.45, 2.75) is 19.3 Å². The molecule has 1 aromatic carbocycles. The minimum absolute atomic E-state index is 0.641. The summed E-state index contributed by atoms with van der Waals surface area (Å²) >= 11 is 0. The molecule has 1 saturated heterocycles. The predicted octanol–water partition coefficient (Wildman–Crippen LogP) is 1.94. The number of nitrogens with zero attached hydrogens (tertiary/aromatic N) is 1. The highest BCUT2D eigenvalue weighted by Crippen LogP contribution is 2.25. The van der Waals surface area contributed by atoms with Crippen molar-refractivity contribution in [1.82, 2.24) is 5.32 Å². The van der Waals surface area contributed by atoms with Crippen molar-refractivity contribution in [3.63, 3.8) is 0 Å². The average Bonchev–Trinajstić information content (AvgIpc) is 2.70. The maximum Gasteiger partial charge on any atom is 0.0991 e. The average molecular weight is 186 g/mol. The molecule has 72 valence electrons. The number of nitrogens with one attached hydrogen (secondary N) is 1. The number of hydrogen-bond donors (Lipinski definition) is 1. The van der Waals surface area contributed by atoms with Crippen molar-refractivity contribution in [3.8, 4) is 6.07 Å². The number of hydrogen-bond acceptors (Lipinski definition) is 2. The van der Waals surface area contributed by atoms with Gasteiger partial charge in [0.25, 0.3) is 0 Å². The lowest BCUT2D eigenvalue weighted by molar-refractivity contribution is 0.757. The highest BCUT2D eigenvalue weighted by atomic mass is 14.9. The van der Waals surface area contributed by atoms with Gasteiger partial charge in [-0.1, -0.05) is 6.07 Å². The van der Waals surface area contributed by atoms with Crippen molar-refractivity contribution in [2.75, 3.05) is 13.1 Å². The molecule has 0 bridgehead atoms. The second kappa shape index (κ2) is 3.81. The Bertz CT molecular complexity index is 370. The molecule has 2 heteroatoms. The summed E-state index contributed by atoms with van der Waals surface area (Å²) in [7, 11) is 0. The summed E-state index contributed by atoms with van der Waals surface area (Å²) in [6, 6.07) is 8.17. The molecule has 0 spiro atoms. The lowest BCUT2D eigenvalue weighted by atomic mass is 9.93. The summed E-state index contributed by atoms with van der Waals surface area (Å²) < 4.78 is 0. The molecule has 14 heavy (non-hydrogen) atoms. The molecule has 1 aromatic rings. The Morgan fingerprint density at radius 3 is 2.93 bits per heavy atom. The minimum atomic E-state index is 0.641. The quantitative estimate of drug-likeness (QED) is 0.727. The molecule has 1 heterocycles. The molecule has 0 unspecified atom stereocenters. The summed E-state index contributed by atoms with van der Waals surface area (Å²) in [5.41, 5.74) is 3.41. The van der Waals surface area contributed by atoms with Gasteiger partial charge in [-0.05, 0) is 49.1 Å². The summed E-state index contributed by atoms with van der Waals surface area (Å²) in [5.74, 6) is 0.641. The van der Waals surface area contributed by atoms with E-state index in [1.807, 2.05) is 12.1 Å². The van der Waals surface area contributed by atoms with Crippen molar-refractivity contribution >= 4 is 0 Å². The predicted molar refractivity (Wildman–Crippen MR) is 56.1 cm³/mol. The standard InChI is InChI=1S/C12H14N2/c1-9-6-10(7-13)2-3-12(9)11-4-5-14-8-11/h2-3,6,11,14H,4-5,8H2,1H3/t11-/m1/s1. The van der Waals surface area contributed by atoms with Crippen LogP contribution in [0.25, 0.3) is 0 Å². The number of nitriles is 1. The Hall–Kier alpha value is -1.33. The highest BCUT2D eigenvalue weighted by molar-refractivity contribution is 5.39. The molecule has 1 fully saturated rings. The van der Waals surface area contributed by atoms with Crippen molar-refractivity contribution in [1.29, 1.82) is 5.26 Å². The van der Waals surface area contributed by atoms with Gasteiger partial charge in [0.2, 0.25) is 0 Å². The van der Waals surface area contributed by atoms with Crippen LogP contribution in [-0.2, 0) is 0 Å². The molecule has 0 radical (unpaired) electrons. The molecular weight excluding hydrogens is 172 g/mol. The van der Waals surface area contributed by atoms with Crippen LogP contribution in [-0.4, -0.2) is 13.1 Å². The van der Waals surface area contributed by atoms with Crippen LogP contribution in [0.5, 0.6) is 0 Å². The molecule has 0 saturated carbocycles. The van der Waals surface area contributed by atoms with E-state index in [9.17, 15) is 0 Å². The molecule has 1 aliphatic rings. The van der Waals surface area contributed by atoms with E-state index in [-0.39, 0.29) is 0 Å². The molecule has 0 aliphatic carbocycles. The van der Waals surface area contributed by atoms with Crippen LogP contribution in [0.3, 0.4) is 0 Å². The normalized spacial score (nSPS) is 20.7. The second-order valence-corrected chi connectivity index (χ2v) is 3.87. The van der Waals surface area contributed by atoms with E-state index in [1.54, 1.807) is 0 Å². The molecule has 0 aromatic heterocycles. The molecule has 2 nitrogen and oxygen atoms in total. The Kier molecular flexibility index (Phi) is 2.51. The zero-order valence-electron chi connectivity index (χ0n) is 8.38. The summed E-state index contributed by atoms with van der Waals surface area (Å²) in [4.78, 5) is 0. The van der Waals surface area contributed by atoms with E-state index in [0.717, 1.165) is 18.7 Å². The first-order valence-electron chi connectivity index (χ1n) is 5.02. The first-order valence-corrected chi connectivity index (χ1v) is 5.02. The lowest BCUT2D eigenvalue weighted by Crippen LogP contribution is -2.08. The smallest absolute Gasteiger partial charge is 0.0991 e. The van der Waals surface area contributed by atoms with Crippen LogP contribution in [0, 0.1) is 18.3 Å². The van der Waals surface area contributed by atoms with Gasteiger partial charge in [-0.15, -0.1) is 0 Å². The van der Waals surface area contributed by atoms with Gasteiger partial charge in [-0.2, -0.15) is 5.26 Å². The van der Waals surface area contributed by atoms with Gasteiger partial charge in [0, 0.05) is 6.54 Å². The lowest BCUT2D eigenvalue weighted by Gasteiger charge is -2.12.